The summed E-state index contributed by atoms with van der Waals surface area (Å²) in [6, 6.07) is 0.459. The van der Waals surface area contributed by atoms with E-state index in [0.717, 1.165) is 0 Å². The Hall–Kier alpha value is -1.42. The summed E-state index contributed by atoms with van der Waals surface area (Å²) < 4.78 is 77.4. The average Bonchev–Trinajstić information content (AvgIpc) is 3.03. The lowest BCUT2D eigenvalue weighted by molar-refractivity contribution is -0.142. The molecule has 0 bridgehead atoms. The van der Waals surface area contributed by atoms with Gasteiger partial charge in [-0.25, -0.2) is 4.98 Å². The summed E-state index contributed by atoms with van der Waals surface area (Å²) in [6.07, 6.45) is -9.77. The highest BCUT2D eigenvalue weighted by Crippen LogP contribution is 2.39. The molecule has 1 aromatic heterocycles. The van der Waals surface area contributed by atoms with Crippen LogP contribution in [0.15, 0.2) is 12.1 Å². The monoisotopic (exact) mass is 341 g/mol. The molecule has 0 radical (unpaired) electrons. The van der Waals surface area contributed by atoms with Gasteiger partial charge in [0.2, 0.25) is 0 Å². The number of hydrogen-bond acceptors (Lipinski definition) is 3. The lowest BCUT2D eigenvalue weighted by atomic mass is 10.1. The number of imidazole rings is 1. The third-order valence-corrected chi connectivity index (χ3v) is 4.22. The van der Waals surface area contributed by atoms with Gasteiger partial charge in [0.1, 0.15) is 11.3 Å². The van der Waals surface area contributed by atoms with Gasteiger partial charge in [-0.15, -0.1) is 11.8 Å². The second kappa shape index (κ2) is 5.05. The number of alkyl halides is 6. The number of rotatable bonds is 1. The van der Waals surface area contributed by atoms with Gasteiger partial charge in [-0.1, -0.05) is 0 Å². The maximum Gasteiger partial charge on any atom is 0.418 e. The van der Waals surface area contributed by atoms with Crippen molar-refractivity contribution in [1.82, 2.24) is 15.3 Å². The highest BCUT2D eigenvalue weighted by Gasteiger charge is 2.39. The van der Waals surface area contributed by atoms with Crippen molar-refractivity contribution in [2.45, 2.75) is 18.4 Å². The summed E-state index contributed by atoms with van der Waals surface area (Å²) in [6.45, 7) is 0. The van der Waals surface area contributed by atoms with Gasteiger partial charge in [0.25, 0.3) is 0 Å². The van der Waals surface area contributed by atoms with Crippen LogP contribution >= 0.6 is 11.8 Å². The van der Waals surface area contributed by atoms with Gasteiger partial charge in [0.05, 0.1) is 22.7 Å². The SMILES string of the molecule is FC(F)(F)c1cc(C(F)(F)F)c2nc(C3CSCN3)[nH]c2c1. The molecule has 0 spiro atoms. The van der Waals surface area contributed by atoms with Crippen LogP contribution in [0, 0.1) is 0 Å². The summed E-state index contributed by atoms with van der Waals surface area (Å²) in [5.74, 6) is 1.42. The molecule has 2 heterocycles. The topological polar surface area (TPSA) is 40.7 Å². The quantitative estimate of drug-likeness (QED) is 0.772. The maximum absolute atomic E-state index is 13.0. The maximum atomic E-state index is 13.0. The predicted octanol–water partition coefficient (Wildman–Crippen LogP) is 3.94. The smallest absolute Gasteiger partial charge is 0.341 e. The van der Waals surface area contributed by atoms with Crippen molar-refractivity contribution < 1.29 is 26.3 Å². The number of benzene rings is 1. The minimum atomic E-state index is -4.91. The van der Waals surface area contributed by atoms with Gasteiger partial charge in [-0.3, -0.25) is 5.32 Å². The number of aromatic nitrogens is 2. The number of fused-ring (bicyclic) bond motifs is 1. The Balaban J connectivity index is 2.20. The van der Waals surface area contributed by atoms with Crippen LogP contribution in [0.2, 0.25) is 0 Å². The van der Waals surface area contributed by atoms with Crippen LogP contribution in [-0.4, -0.2) is 21.6 Å². The molecule has 2 aromatic rings. The molecule has 2 N–H and O–H groups in total. The highest BCUT2D eigenvalue weighted by atomic mass is 32.2. The molecule has 0 saturated carbocycles. The van der Waals surface area contributed by atoms with Crippen LogP contribution in [0.5, 0.6) is 0 Å². The largest absolute Gasteiger partial charge is 0.418 e. The van der Waals surface area contributed by atoms with Gasteiger partial charge in [-0.2, -0.15) is 26.3 Å². The first kappa shape index (κ1) is 15.5. The molecule has 1 saturated heterocycles. The summed E-state index contributed by atoms with van der Waals surface area (Å²) in [4.78, 5) is 6.44. The second-order valence-electron chi connectivity index (χ2n) is 4.81. The Labute approximate surface area is 124 Å². The van der Waals surface area contributed by atoms with Crippen molar-refractivity contribution in [1.29, 1.82) is 0 Å². The molecule has 120 valence electrons. The first-order valence-electron chi connectivity index (χ1n) is 6.15. The second-order valence-corrected chi connectivity index (χ2v) is 5.84. The van der Waals surface area contributed by atoms with E-state index in [2.05, 4.69) is 15.3 Å². The standard InChI is InChI=1S/C12H9F6N3S/c13-11(14,15)5-1-6(12(16,17)18)9-7(2-5)20-10(21-9)8-3-22-4-19-8/h1-2,8,19H,3-4H2,(H,20,21). The van der Waals surface area contributed by atoms with E-state index in [1.165, 1.54) is 11.8 Å². The molecule has 10 heteroatoms. The molecule has 0 aliphatic carbocycles. The van der Waals surface area contributed by atoms with Crippen LogP contribution in [0.25, 0.3) is 11.0 Å². The molecule has 1 atom stereocenters. The molecule has 1 unspecified atom stereocenters. The Morgan fingerprint density at radius 3 is 2.36 bits per heavy atom. The van der Waals surface area contributed by atoms with Crippen LogP contribution in [0.3, 0.4) is 0 Å². The highest BCUT2D eigenvalue weighted by molar-refractivity contribution is 7.99. The molecular formula is C12H9F6N3S. The summed E-state index contributed by atoms with van der Waals surface area (Å²) in [7, 11) is 0. The minimum Gasteiger partial charge on any atom is -0.341 e. The van der Waals surface area contributed by atoms with Crippen LogP contribution in [0.4, 0.5) is 26.3 Å². The molecule has 1 fully saturated rings. The van der Waals surface area contributed by atoms with E-state index in [1.807, 2.05) is 0 Å². The van der Waals surface area contributed by atoms with Gasteiger partial charge < -0.3 is 4.98 Å². The summed E-state index contributed by atoms with van der Waals surface area (Å²) in [5, 5.41) is 3.00. The van der Waals surface area contributed by atoms with Crippen molar-refractivity contribution in [3.8, 4) is 0 Å². The van der Waals surface area contributed by atoms with E-state index in [0.29, 0.717) is 17.7 Å². The number of thioether (sulfide) groups is 1. The summed E-state index contributed by atoms with van der Waals surface area (Å²) >= 11 is 1.53. The lowest BCUT2D eigenvalue weighted by Crippen LogP contribution is -2.15. The number of nitrogens with zero attached hydrogens (tertiary/aromatic N) is 1. The Bertz CT molecular complexity index is 699. The number of aromatic amines is 1. The molecule has 1 aromatic carbocycles. The molecule has 1 aliphatic heterocycles. The fraction of sp³-hybridized carbons (Fsp3) is 0.417. The first-order chi connectivity index (χ1) is 10.2. The first-order valence-corrected chi connectivity index (χ1v) is 7.31. The van der Waals surface area contributed by atoms with Crippen molar-refractivity contribution >= 4 is 22.8 Å². The van der Waals surface area contributed by atoms with Crippen molar-refractivity contribution in [2.24, 2.45) is 0 Å². The zero-order valence-corrected chi connectivity index (χ0v) is 11.6. The normalized spacial score (nSPS) is 20.0. The zero-order valence-electron chi connectivity index (χ0n) is 10.8. The van der Waals surface area contributed by atoms with E-state index in [4.69, 9.17) is 0 Å². The Kier molecular flexibility index (Phi) is 3.55. The summed E-state index contributed by atoms with van der Waals surface area (Å²) in [5.41, 5.74) is -3.49. The van der Waals surface area contributed by atoms with E-state index in [9.17, 15) is 26.3 Å². The fourth-order valence-electron chi connectivity index (χ4n) is 2.25. The van der Waals surface area contributed by atoms with Crippen molar-refractivity contribution in [3.63, 3.8) is 0 Å². The van der Waals surface area contributed by atoms with Crippen molar-refractivity contribution in [3.05, 3.63) is 29.1 Å². The predicted molar refractivity (Wildman–Crippen MR) is 69.3 cm³/mol. The van der Waals surface area contributed by atoms with E-state index >= 15 is 0 Å². The van der Waals surface area contributed by atoms with Gasteiger partial charge in [0.15, 0.2) is 0 Å². The van der Waals surface area contributed by atoms with E-state index in [1.54, 1.807) is 0 Å². The van der Waals surface area contributed by atoms with Gasteiger partial charge >= 0.3 is 12.4 Å². The molecule has 3 nitrogen and oxygen atoms in total. The molecule has 0 amide bonds. The van der Waals surface area contributed by atoms with Crippen LogP contribution in [-0.2, 0) is 12.4 Å². The molecule has 22 heavy (non-hydrogen) atoms. The van der Waals surface area contributed by atoms with Crippen LogP contribution in [0.1, 0.15) is 23.0 Å². The fourth-order valence-corrected chi connectivity index (χ4v) is 3.20. The zero-order chi connectivity index (χ0) is 16.1. The molecular weight excluding hydrogens is 332 g/mol. The molecule has 1 aliphatic rings. The van der Waals surface area contributed by atoms with Crippen LogP contribution < -0.4 is 5.32 Å². The minimum absolute atomic E-state index is 0.101. The van der Waals surface area contributed by atoms with Gasteiger partial charge in [0, 0.05) is 11.6 Å². The third-order valence-electron chi connectivity index (χ3n) is 3.28. The van der Waals surface area contributed by atoms with Crippen molar-refractivity contribution in [2.75, 3.05) is 11.6 Å². The number of hydrogen-bond donors (Lipinski definition) is 2. The lowest BCUT2D eigenvalue weighted by Gasteiger charge is -2.11. The van der Waals surface area contributed by atoms with E-state index < -0.39 is 29.0 Å². The average molecular weight is 341 g/mol. The number of halogens is 6. The Morgan fingerprint density at radius 1 is 1.09 bits per heavy atom. The number of H-pyrrole nitrogens is 1. The molecule has 3 rings (SSSR count). The third kappa shape index (κ3) is 2.76. The van der Waals surface area contributed by atoms with Gasteiger partial charge in [-0.05, 0) is 12.1 Å². The Morgan fingerprint density at radius 2 is 1.82 bits per heavy atom. The van der Waals surface area contributed by atoms with E-state index in [-0.39, 0.29) is 23.4 Å². The number of nitrogens with one attached hydrogen (secondary N) is 2.